The molecule has 128 valence electrons. The summed E-state index contributed by atoms with van der Waals surface area (Å²) in [5, 5.41) is 7.93. The van der Waals surface area contributed by atoms with E-state index >= 15 is 0 Å². The molecule has 0 saturated carbocycles. The topological polar surface area (TPSA) is 64.0 Å². The second kappa shape index (κ2) is 6.47. The van der Waals surface area contributed by atoms with Crippen molar-refractivity contribution in [1.29, 1.82) is 0 Å². The fourth-order valence-corrected chi connectivity index (χ4v) is 2.67. The van der Waals surface area contributed by atoms with Crippen LogP contribution in [0.25, 0.3) is 10.8 Å². The molecular formula is C19H18FN3O2. The molecule has 0 bridgehead atoms. The number of anilines is 1. The minimum Gasteiger partial charge on any atom is -0.320 e. The largest absolute Gasteiger partial charge is 0.320 e. The number of fused-ring (bicyclic) bond motifs is 1. The molecule has 0 aliphatic heterocycles. The number of benzene rings is 2. The second-order valence-electron chi connectivity index (χ2n) is 6.15. The van der Waals surface area contributed by atoms with Gasteiger partial charge >= 0.3 is 0 Å². The highest BCUT2D eigenvalue weighted by molar-refractivity contribution is 6.11. The third kappa shape index (κ3) is 3.15. The lowest BCUT2D eigenvalue weighted by Gasteiger charge is -2.14. The van der Waals surface area contributed by atoms with Gasteiger partial charge in [0.1, 0.15) is 5.82 Å². The summed E-state index contributed by atoms with van der Waals surface area (Å²) in [7, 11) is 0. The minimum atomic E-state index is -0.444. The Kier molecular flexibility index (Phi) is 4.35. The lowest BCUT2D eigenvalue weighted by Crippen LogP contribution is -2.29. The average molecular weight is 339 g/mol. The molecule has 0 atom stereocenters. The normalized spacial score (nSPS) is 11.1. The summed E-state index contributed by atoms with van der Waals surface area (Å²) in [6, 6.07) is 10.8. The van der Waals surface area contributed by atoms with Crippen molar-refractivity contribution in [3.8, 4) is 0 Å². The van der Waals surface area contributed by atoms with Crippen molar-refractivity contribution in [2.24, 2.45) is 0 Å². The van der Waals surface area contributed by atoms with Gasteiger partial charge in [-0.05, 0) is 50.6 Å². The maximum atomic E-state index is 13.2. The van der Waals surface area contributed by atoms with Crippen LogP contribution in [0.5, 0.6) is 0 Å². The average Bonchev–Trinajstić information content (AvgIpc) is 2.57. The van der Waals surface area contributed by atoms with E-state index in [1.165, 1.54) is 22.9 Å². The van der Waals surface area contributed by atoms with Crippen LogP contribution in [0.1, 0.15) is 35.9 Å². The Bertz CT molecular complexity index is 1020. The maximum Gasteiger partial charge on any atom is 0.276 e. The Morgan fingerprint density at radius 3 is 2.48 bits per heavy atom. The number of hydrogen-bond donors (Lipinski definition) is 1. The Morgan fingerprint density at radius 2 is 1.84 bits per heavy atom. The first-order valence-corrected chi connectivity index (χ1v) is 7.97. The van der Waals surface area contributed by atoms with E-state index in [2.05, 4.69) is 10.4 Å². The van der Waals surface area contributed by atoms with Gasteiger partial charge in [0.05, 0.1) is 11.4 Å². The predicted octanol–water partition coefficient (Wildman–Crippen LogP) is 3.68. The summed E-state index contributed by atoms with van der Waals surface area (Å²) in [6.07, 6.45) is 0. The Hall–Kier alpha value is -3.02. The number of nitrogens with one attached hydrogen (secondary N) is 1. The summed E-state index contributed by atoms with van der Waals surface area (Å²) in [4.78, 5) is 25.3. The number of aryl methyl sites for hydroxylation is 1. The molecule has 1 amide bonds. The van der Waals surface area contributed by atoms with Crippen LogP contribution < -0.4 is 10.9 Å². The van der Waals surface area contributed by atoms with E-state index in [-0.39, 0.29) is 23.1 Å². The highest BCUT2D eigenvalue weighted by Gasteiger charge is 2.18. The molecule has 0 saturated heterocycles. The molecule has 1 aromatic heterocycles. The van der Waals surface area contributed by atoms with Crippen LogP contribution in [0.15, 0.2) is 47.3 Å². The third-order valence-electron chi connectivity index (χ3n) is 3.97. The molecule has 6 heteroatoms. The zero-order chi connectivity index (χ0) is 18.1. The number of halogens is 1. The smallest absolute Gasteiger partial charge is 0.276 e. The molecule has 0 radical (unpaired) electrons. The van der Waals surface area contributed by atoms with Gasteiger partial charge in [-0.15, -0.1) is 0 Å². The van der Waals surface area contributed by atoms with Crippen LogP contribution in [0.2, 0.25) is 0 Å². The summed E-state index contributed by atoms with van der Waals surface area (Å²) < 4.78 is 14.5. The van der Waals surface area contributed by atoms with E-state index in [0.717, 1.165) is 0 Å². The molecule has 0 aliphatic carbocycles. The molecule has 1 N–H and O–H groups in total. The van der Waals surface area contributed by atoms with Crippen LogP contribution in [-0.4, -0.2) is 15.7 Å². The molecule has 0 fully saturated rings. The van der Waals surface area contributed by atoms with Gasteiger partial charge in [0.15, 0.2) is 5.69 Å². The van der Waals surface area contributed by atoms with Crippen molar-refractivity contribution in [2.45, 2.75) is 26.8 Å². The summed E-state index contributed by atoms with van der Waals surface area (Å²) in [5.74, 6) is -0.812. The number of carbonyl (C=O) groups is 1. The van der Waals surface area contributed by atoms with E-state index in [0.29, 0.717) is 22.0 Å². The fourth-order valence-electron chi connectivity index (χ4n) is 2.67. The van der Waals surface area contributed by atoms with Gasteiger partial charge in [-0.25, -0.2) is 9.07 Å². The van der Waals surface area contributed by atoms with Crippen LogP contribution in [0.3, 0.4) is 0 Å². The third-order valence-corrected chi connectivity index (χ3v) is 3.97. The van der Waals surface area contributed by atoms with Crippen molar-refractivity contribution in [2.75, 3.05) is 5.32 Å². The number of rotatable bonds is 3. The van der Waals surface area contributed by atoms with E-state index in [1.54, 1.807) is 31.2 Å². The number of nitrogens with zero attached hydrogens (tertiary/aromatic N) is 2. The Morgan fingerprint density at radius 1 is 1.16 bits per heavy atom. The number of amides is 1. The van der Waals surface area contributed by atoms with Crippen LogP contribution in [0.4, 0.5) is 10.1 Å². The van der Waals surface area contributed by atoms with E-state index in [9.17, 15) is 14.0 Å². The van der Waals surface area contributed by atoms with Crippen LogP contribution >= 0.6 is 0 Å². The quantitative estimate of drug-likeness (QED) is 0.792. The zero-order valence-corrected chi connectivity index (χ0v) is 14.2. The molecule has 0 spiro atoms. The molecule has 2 aromatic carbocycles. The zero-order valence-electron chi connectivity index (χ0n) is 14.2. The maximum absolute atomic E-state index is 13.2. The van der Waals surface area contributed by atoms with E-state index in [4.69, 9.17) is 0 Å². The number of carbonyl (C=O) groups excluding carboxylic acids is 1. The standard InChI is InChI=1S/C19H18FN3O2/c1-11(2)23-19(25)15-7-5-4-6-14(15)17(22-23)18(24)21-16-9-8-13(20)10-12(16)3/h4-11H,1-3H3,(H,21,24). The van der Waals surface area contributed by atoms with Gasteiger partial charge in [0, 0.05) is 11.1 Å². The number of hydrogen-bond acceptors (Lipinski definition) is 3. The monoisotopic (exact) mass is 339 g/mol. The second-order valence-corrected chi connectivity index (χ2v) is 6.15. The van der Waals surface area contributed by atoms with Crippen molar-refractivity contribution < 1.29 is 9.18 Å². The van der Waals surface area contributed by atoms with Gasteiger partial charge in [0.25, 0.3) is 11.5 Å². The summed E-state index contributed by atoms with van der Waals surface area (Å²) in [5.41, 5.74) is 1.03. The first-order chi connectivity index (χ1) is 11.9. The summed E-state index contributed by atoms with van der Waals surface area (Å²) in [6.45, 7) is 5.36. The van der Waals surface area contributed by atoms with Gasteiger partial charge in [-0.1, -0.05) is 18.2 Å². The highest BCUT2D eigenvalue weighted by Crippen LogP contribution is 2.19. The van der Waals surface area contributed by atoms with Gasteiger partial charge < -0.3 is 5.32 Å². The number of aromatic nitrogens is 2. The fraction of sp³-hybridized carbons (Fsp3) is 0.211. The van der Waals surface area contributed by atoms with Crippen molar-refractivity contribution in [3.63, 3.8) is 0 Å². The molecule has 0 unspecified atom stereocenters. The van der Waals surface area contributed by atoms with Crippen molar-refractivity contribution >= 4 is 22.4 Å². The summed E-state index contributed by atoms with van der Waals surface area (Å²) >= 11 is 0. The van der Waals surface area contributed by atoms with Gasteiger partial charge in [-0.2, -0.15) is 5.10 Å². The van der Waals surface area contributed by atoms with Gasteiger partial charge in [0.2, 0.25) is 0 Å². The van der Waals surface area contributed by atoms with E-state index in [1.807, 2.05) is 13.8 Å². The molecule has 3 rings (SSSR count). The predicted molar refractivity (Wildman–Crippen MR) is 95.5 cm³/mol. The molecular weight excluding hydrogens is 321 g/mol. The van der Waals surface area contributed by atoms with Crippen LogP contribution in [-0.2, 0) is 0 Å². The molecule has 3 aromatic rings. The van der Waals surface area contributed by atoms with Crippen molar-refractivity contribution in [1.82, 2.24) is 9.78 Å². The molecule has 1 heterocycles. The molecule has 25 heavy (non-hydrogen) atoms. The molecule has 5 nitrogen and oxygen atoms in total. The Labute approximate surface area is 144 Å². The highest BCUT2D eigenvalue weighted by atomic mass is 19.1. The van der Waals surface area contributed by atoms with Crippen LogP contribution in [0, 0.1) is 12.7 Å². The lowest BCUT2D eigenvalue weighted by molar-refractivity contribution is 0.102. The first-order valence-electron chi connectivity index (χ1n) is 7.97. The first kappa shape index (κ1) is 16.8. The van der Waals surface area contributed by atoms with Crippen molar-refractivity contribution in [3.05, 3.63) is 69.9 Å². The SMILES string of the molecule is Cc1cc(F)ccc1NC(=O)c1nn(C(C)C)c(=O)c2ccccc12. The lowest BCUT2D eigenvalue weighted by atomic mass is 10.1. The molecule has 0 aliphatic rings. The van der Waals surface area contributed by atoms with E-state index < -0.39 is 5.91 Å². The van der Waals surface area contributed by atoms with Gasteiger partial charge in [-0.3, -0.25) is 9.59 Å². The minimum absolute atomic E-state index is 0.160. The Balaban J connectivity index is 2.12.